The molecule has 0 saturated heterocycles. The van der Waals surface area contributed by atoms with Gasteiger partial charge in [0.1, 0.15) is 0 Å². The summed E-state index contributed by atoms with van der Waals surface area (Å²) in [6, 6.07) is 3.74. The second-order valence-electron chi connectivity index (χ2n) is 3.58. The van der Waals surface area contributed by atoms with Gasteiger partial charge in [0.05, 0.1) is 0 Å². The standard InChI is InChI=1S/C11H10O3S/c12-8-2-1-3-15-11-5-10-9(4-7(8)11)13-6-14-10/h4-5H,1-3,6H2. The summed E-state index contributed by atoms with van der Waals surface area (Å²) in [5.74, 6) is 2.67. The molecular weight excluding hydrogens is 212 g/mol. The van der Waals surface area contributed by atoms with Crippen LogP contribution in [0.1, 0.15) is 23.2 Å². The zero-order valence-electron chi connectivity index (χ0n) is 8.12. The first kappa shape index (κ1) is 9.09. The summed E-state index contributed by atoms with van der Waals surface area (Å²) < 4.78 is 10.6. The highest BCUT2D eigenvalue weighted by molar-refractivity contribution is 7.99. The summed E-state index contributed by atoms with van der Waals surface area (Å²) in [7, 11) is 0. The van der Waals surface area contributed by atoms with Crippen LogP contribution >= 0.6 is 11.8 Å². The maximum absolute atomic E-state index is 11.8. The summed E-state index contributed by atoms with van der Waals surface area (Å²) in [6.45, 7) is 0.261. The van der Waals surface area contributed by atoms with Crippen LogP contribution in [-0.2, 0) is 0 Å². The van der Waals surface area contributed by atoms with Gasteiger partial charge in [0.2, 0.25) is 6.79 Å². The summed E-state index contributed by atoms with van der Waals surface area (Å²) in [5.41, 5.74) is 0.793. The number of hydrogen-bond acceptors (Lipinski definition) is 4. The maximum Gasteiger partial charge on any atom is 0.231 e. The quantitative estimate of drug-likeness (QED) is 0.675. The second-order valence-corrected chi connectivity index (χ2v) is 4.71. The van der Waals surface area contributed by atoms with Crippen LogP contribution in [0, 0.1) is 0 Å². The minimum atomic E-state index is 0.216. The van der Waals surface area contributed by atoms with Crippen LogP contribution in [0.25, 0.3) is 0 Å². The Bertz CT molecular complexity index is 428. The van der Waals surface area contributed by atoms with Crippen LogP contribution < -0.4 is 9.47 Å². The lowest BCUT2D eigenvalue weighted by Crippen LogP contribution is -1.98. The molecule has 0 unspecified atom stereocenters. The lowest BCUT2D eigenvalue weighted by atomic mass is 10.1. The van der Waals surface area contributed by atoms with Crippen molar-refractivity contribution in [3.8, 4) is 11.5 Å². The van der Waals surface area contributed by atoms with Crippen LogP contribution in [0.2, 0.25) is 0 Å². The molecule has 1 aromatic carbocycles. The number of carbonyl (C=O) groups excluding carboxylic acids is 1. The van der Waals surface area contributed by atoms with Gasteiger partial charge in [-0.25, -0.2) is 0 Å². The third kappa shape index (κ3) is 1.49. The number of ketones is 1. The van der Waals surface area contributed by atoms with E-state index in [4.69, 9.17) is 9.47 Å². The lowest BCUT2D eigenvalue weighted by molar-refractivity contribution is 0.0980. The first-order chi connectivity index (χ1) is 7.34. The van der Waals surface area contributed by atoms with E-state index in [2.05, 4.69) is 0 Å². The number of benzene rings is 1. The van der Waals surface area contributed by atoms with Gasteiger partial charge in [0.15, 0.2) is 17.3 Å². The second kappa shape index (κ2) is 3.45. The van der Waals surface area contributed by atoms with Crippen molar-refractivity contribution in [2.24, 2.45) is 0 Å². The molecular formula is C11H10O3S. The molecule has 78 valence electrons. The van der Waals surface area contributed by atoms with Gasteiger partial charge in [0.25, 0.3) is 0 Å². The number of carbonyl (C=O) groups is 1. The van der Waals surface area contributed by atoms with Crippen molar-refractivity contribution in [2.45, 2.75) is 17.7 Å². The highest BCUT2D eigenvalue weighted by Crippen LogP contribution is 2.40. The third-order valence-corrected chi connectivity index (χ3v) is 3.72. The molecule has 0 radical (unpaired) electrons. The molecule has 4 heteroatoms. The molecule has 0 atom stereocenters. The van der Waals surface area contributed by atoms with Crippen LogP contribution in [0.4, 0.5) is 0 Å². The van der Waals surface area contributed by atoms with Gasteiger partial charge in [-0.1, -0.05) is 0 Å². The highest BCUT2D eigenvalue weighted by Gasteiger charge is 2.22. The average Bonchev–Trinajstić information content (AvgIpc) is 2.62. The topological polar surface area (TPSA) is 35.5 Å². The molecule has 0 aromatic heterocycles. The smallest absolute Gasteiger partial charge is 0.231 e. The molecule has 3 rings (SSSR count). The molecule has 1 aromatic rings. The van der Waals surface area contributed by atoms with Gasteiger partial charge in [0, 0.05) is 16.9 Å². The largest absolute Gasteiger partial charge is 0.454 e. The zero-order chi connectivity index (χ0) is 10.3. The van der Waals surface area contributed by atoms with E-state index in [-0.39, 0.29) is 12.6 Å². The molecule has 0 N–H and O–H groups in total. The Morgan fingerprint density at radius 3 is 2.87 bits per heavy atom. The van der Waals surface area contributed by atoms with Gasteiger partial charge >= 0.3 is 0 Å². The van der Waals surface area contributed by atoms with Crippen molar-refractivity contribution in [2.75, 3.05) is 12.5 Å². The third-order valence-electron chi connectivity index (χ3n) is 2.58. The SMILES string of the molecule is O=C1CCCSc2cc3c(cc21)OCO3. The number of Topliss-reactive ketones (excluding diaryl/α,β-unsaturated/α-hetero) is 1. The summed E-state index contributed by atoms with van der Waals surface area (Å²) >= 11 is 1.72. The number of thioether (sulfide) groups is 1. The van der Waals surface area contributed by atoms with Crippen molar-refractivity contribution in [1.82, 2.24) is 0 Å². The molecule has 2 aliphatic rings. The van der Waals surface area contributed by atoms with E-state index in [1.165, 1.54) is 0 Å². The Kier molecular flexibility index (Phi) is 2.09. The molecule has 0 spiro atoms. The van der Waals surface area contributed by atoms with E-state index in [0.29, 0.717) is 12.2 Å². The maximum atomic E-state index is 11.8. The molecule has 0 fully saturated rings. The molecule has 0 saturated carbocycles. The van der Waals surface area contributed by atoms with Gasteiger partial charge in [-0.3, -0.25) is 4.79 Å². The Morgan fingerprint density at radius 1 is 1.20 bits per heavy atom. The van der Waals surface area contributed by atoms with Crippen LogP contribution in [0.5, 0.6) is 11.5 Å². The van der Waals surface area contributed by atoms with E-state index in [9.17, 15) is 4.79 Å². The van der Waals surface area contributed by atoms with Crippen LogP contribution in [0.15, 0.2) is 17.0 Å². The number of rotatable bonds is 0. The molecule has 2 aliphatic heterocycles. The van der Waals surface area contributed by atoms with Crippen LogP contribution in [0.3, 0.4) is 0 Å². The fourth-order valence-corrected chi connectivity index (χ4v) is 2.84. The van der Waals surface area contributed by atoms with Gasteiger partial charge in [-0.05, 0) is 24.3 Å². The van der Waals surface area contributed by atoms with Crippen molar-refractivity contribution in [3.05, 3.63) is 17.7 Å². The van der Waals surface area contributed by atoms with E-state index in [1.54, 1.807) is 11.8 Å². The van der Waals surface area contributed by atoms with Gasteiger partial charge < -0.3 is 9.47 Å². The number of fused-ring (bicyclic) bond motifs is 2. The van der Waals surface area contributed by atoms with Gasteiger partial charge in [-0.15, -0.1) is 11.8 Å². The van der Waals surface area contributed by atoms with Crippen molar-refractivity contribution in [3.63, 3.8) is 0 Å². The summed E-state index contributed by atoms with van der Waals surface area (Å²) in [6.07, 6.45) is 1.59. The fourth-order valence-electron chi connectivity index (χ4n) is 1.81. The minimum Gasteiger partial charge on any atom is -0.454 e. The van der Waals surface area contributed by atoms with Crippen LogP contribution in [-0.4, -0.2) is 18.3 Å². The fraction of sp³-hybridized carbons (Fsp3) is 0.364. The van der Waals surface area contributed by atoms with E-state index in [0.717, 1.165) is 28.4 Å². The van der Waals surface area contributed by atoms with E-state index < -0.39 is 0 Å². The van der Waals surface area contributed by atoms with Crippen molar-refractivity contribution < 1.29 is 14.3 Å². The number of hydrogen-bond donors (Lipinski definition) is 0. The summed E-state index contributed by atoms with van der Waals surface area (Å²) in [4.78, 5) is 12.8. The zero-order valence-corrected chi connectivity index (χ0v) is 8.93. The molecule has 3 nitrogen and oxygen atoms in total. The predicted molar refractivity (Wildman–Crippen MR) is 56.9 cm³/mol. The highest BCUT2D eigenvalue weighted by atomic mass is 32.2. The normalized spacial score (nSPS) is 18.5. The first-order valence-electron chi connectivity index (χ1n) is 4.94. The molecule has 15 heavy (non-hydrogen) atoms. The Balaban J connectivity index is 2.13. The molecule has 0 amide bonds. The average molecular weight is 222 g/mol. The van der Waals surface area contributed by atoms with Gasteiger partial charge in [-0.2, -0.15) is 0 Å². The first-order valence-corrected chi connectivity index (χ1v) is 5.93. The van der Waals surface area contributed by atoms with E-state index >= 15 is 0 Å². The Morgan fingerprint density at radius 2 is 2.00 bits per heavy atom. The molecule has 2 heterocycles. The van der Waals surface area contributed by atoms with Crippen molar-refractivity contribution >= 4 is 17.5 Å². The predicted octanol–water partition coefficient (Wildman–Crippen LogP) is 2.48. The lowest BCUT2D eigenvalue weighted by Gasteiger charge is -2.05. The summed E-state index contributed by atoms with van der Waals surface area (Å²) in [5, 5.41) is 0. The number of ether oxygens (including phenoxy) is 2. The minimum absolute atomic E-state index is 0.216. The Hall–Kier alpha value is -1.16. The monoisotopic (exact) mass is 222 g/mol. The molecule has 0 bridgehead atoms. The van der Waals surface area contributed by atoms with E-state index in [1.807, 2.05) is 12.1 Å². The molecule has 0 aliphatic carbocycles. The Labute approximate surface area is 91.8 Å². The van der Waals surface area contributed by atoms with Crippen molar-refractivity contribution in [1.29, 1.82) is 0 Å².